The highest BCUT2D eigenvalue weighted by Crippen LogP contribution is 2.38. The number of hydrogen-bond acceptors (Lipinski definition) is 9. The molecule has 0 unspecified atom stereocenters. The van der Waals surface area contributed by atoms with E-state index in [1.54, 1.807) is 25.1 Å². The number of esters is 1. The summed E-state index contributed by atoms with van der Waals surface area (Å²) in [5.41, 5.74) is -0.0105. The van der Waals surface area contributed by atoms with E-state index in [0.717, 1.165) is 9.15 Å². The minimum atomic E-state index is -1.10. The molecule has 0 N–H and O–H groups in total. The molecule has 1 atom stereocenters. The first kappa shape index (κ1) is 25.8. The highest BCUT2D eigenvalue weighted by molar-refractivity contribution is 9.10. The predicted octanol–water partition coefficient (Wildman–Crippen LogP) is 3.85. The van der Waals surface area contributed by atoms with Gasteiger partial charge in [-0.1, -0.05) is 22.9 Å². The Hall–Kier alpha value is -3.80. The van der Waals surface area contributed by atoms with Crippen LogP contribution < -0.4 is 15.0 Å². The topological polar surface area (TPSA) is 135 Å². The summed E-state index contributed by atoms with van der Waals surface area (Å²) < 4.78 is 17.6. The van der Waals surface area contributed by atoms with Gasteiger partial charge in [-0.2, -0.15) is 9.78 Å². The van der Waals surface area contributed by atoms with Gasteiger partial charge < -0.3 is 14.2 Å². The number of carbonyl (C=O) groups excluding carboxylic acids is 1. The van der Waals surface area contributed by atoms with Crippen molar-refractivity contribution in [3.05, 3.63) is 66.7 Å². The molecule has 0 aliphatic carbocycles. The van der Waals surface area contributed by atoms with Crippen LogP contribution in [0.15, 0.2) is 44.7 Å². The normalized spacial score (nSPS) is 12.0. The van der Waals surface area contributed by atoms with Crippen LogP contribution in [0.3, 0.4) is 0 Å². The van der Waals surface area contributed by atoms with E-state index in [4.69, 9.17) is 14.2 Å². The molecule has 0 bridgehead atoms. The van der Waals surface area contributed by atoms with Crippen molar-refractivity contribution in [1.82, 2.24) is 9.66 Å². The number of carbonyl (C=O) groups is 1. The standard InChI is InChI=1S/C23H23BrN4O7/c1-5-20-26-17-8-7-15(24)11-16(17)22(29)27(20)25-12-14-9-18(28(31)32)21(19(10-14)33-4)35-13(3)23(30)34-6-2/h7-13H,5-6H2,1-4H3/t13-/m1/s1. The van der Waals surface area contributed by atoms with E-state index in [1.165, 1.54) is 32.4 Å². The Bertz CT molecular complexity index is 1370. The Kier molecular flexibility index (Phi) is 8.18. The number of methoxy groups -OCH3 is 1. The third kappa shape index (κ3) is 5.65. The molecule has 12 heteroatoms. The molecule has 0 radical (unpaired) electrons. The van der Waals surface area contributed by atoms with Crippen molar-refractivity contribution < 1.29 is 23.9 Å². The molecule has 11 nitrogen and oxygen atoms in total. The second kappa shape index (κ2) is 11.1. The van der Waals surface area contributed by atoms with E-state index in [9.17, 15) is 19.7 Å². The number of fused-ring (bicyclic) bond motifs is 1. The number of nitro groups is 1. The molecule has 3 rings (SSSR count). The van der Waals surface area contributed by atoms with Crippen molar-refractivity contribution in [2.45, 2.75) is 33.3 Å². The average molecular weight is 547 g/mol. The fraction of sp³-hybridized carbons (Fsp3) is 0.304. The lowest BCUT2D eigenvalue weighted by Crippen LogP contribution is -2.26. The molecular formula is C23H23BrN4O7. The van der Waals surface area contributed by atoms with E-state index >= 15 is 0 Å². The first-order valence-electron chi connectivity index (χ1n) is 10.6. The zero-order chi connectivity index (χ0) is 25.7. The van der Waals surface area contributed by atoms with Crippen molar-refractivity contribution >= 4 is 44.7 Å². The van der Waals surface area contributed by atoms with Crippen molar-refractivity contribution in [3.8, 4) is 11.5 Å². The first-order valence-corrected chi connectivity index (χ1v) is 11.4. The molecule has 1 heterocycles. The van der Waals surface area contributed by atoms with E-state index in [1.807, 2.05) is 6.92 Å². The Morgan fingerprint density at radius 1 is 1.31 bits per heavy atom. The Balaban J connectivity index is 2.07. The lowest BCUT2D eigenvalue weighted by Gasteiger charge is -2.16. The van der Waals surface area contributed by atoms with Gasteiger partial charge in [-0.05, 0) is 38.1 Å². The zero-order valence-corrected chi connectivity index (χ0v) is 21.1. The molecular weight excluding hydrogens is 524 g/mol. The van der Waals surface area contributed by atoms with Crippen LogP contribution in [-0.4, -0.2) is 46.6 Å². The smallest absolute Gasteiger partial charge is 0.347 e. The summed E-state index contributed by atoms with van der Waals surface area (Å²) in [6.07, 6.45) is 0.622. The molecule has 0 fully saturated rings. The molecule has 184 valence electrons. The number of ether oxygens (including phenoxy) is 3. The van der Waals surface area contributed by atoms with Gasteiger partial charge in [0.1, 0.15) is 5.82 Å². The monoisotopic (exact) mass is 546 g/mol. The highest BCUT2D eigenvalue weighted by Gasteiger charge is 2.27. The van der Waals surface area contributed by atoms with Crippen molar-refractivity contribution in [2.24, 2.45) is 5.10 Å². The van der Waals surface area contributed by atoms with Crippen LogP contribution in [0.4, 0.5) is 5.69 Å². The first-order chi connectivity index (χ1) is 16.7. The summed E-state index contributed by atoms with van der Waals surface area (Å²) in [6.45, 7) is 5.03. The number of aromatic nitrogens is 2. The zero-order valence-electron chi connectivity index (χ0n) is 19.5. The third-order valence-corrected chi connectivity index (χ3v) is 5.39. The van der Waals surface area contributed by atoms with Crippen LogP contribution >= 0.6 is 15.9 Å². The molecule has 3 aromatic rings. The molecule has 0 aliphatic rings. The maximum atomic E-state index is 13.1. The summed E-state index contributed by atoms with van der Waals surface area (Å²) in [5, 5.41) is 16.4. The molecule has 0 saturated carbocycles. The number of halogens is 1. The number of nitrogens with zero attached hydrogens (tertiary/aromatic N) is 4. The van der Waals surface area contributed by atoms with Crippen molar-refractivity contribution in [1.29, 1.82) is 0 Å². The van der Waals surface area contributed by atoms with E-state index in [2.05, 4.69) is 26.0 Å². The van der Waals surface area contributed by atoms with Crippen LogP contribution in [0, 0.1) is 10.1 Å². The van der Waals surface area contributed by atoms with Gasteiger partial charge in [-0.25, -0.2) is 9.78 Å². The molecule has 35 heavy (non-hydrogen) atoms. The lowest BCUT2D eigenvalue weighted by atomic mass is 10.1. The number of nitro benzene ring substituents is 1. The second-order valence-electron chi connectivity index (χ2n) is 7.25. The molecule has 0 aliphatic heterocycles. The van der Waals surface area contributed by atoms with Gasteiger partial charge in [0.25, 0.3) is 5.56 Å². The van der Waals surface area contributed by atoms with Gasteiger partial charge in [-0.15, -0.1) is 0 Å². The summed E-state index contributed by atoms with van der Waals surface area (Å²) in [7, 11) is 1.31. The number of aryl methyl sites for hydroxylation is 1. The van der Waals surface area contributed by atoms with Gasteiger partial charge in [0.05, 0.1) is 35.8 Å². The van der Waals surface area contributed by atoms with Gasteiger partial charge >= 0.3 is 11.7 Å². The summed E-state index contributed by atoms with van der Waals surface area (Å²) >= 11 is 3.35. The Morgan fingerprint density at radius 2 is 2.06 bits per heavy atom. The predicted molar refractivity (Wildman–Crippen MR) is 132 cm³/mol. The van der Waals surface area contributed by atoms with Gasteiger partial charge in [0.15, 0.2) is 11.9 Å². The van der Waals surface area contributed by atoms with Crippen molar-refractivity contribution in [3.63, 3.8) is 0 Å². The van der Waals surface area contributed by atoms with Gasteiger partial charge in [-0.3, -0.25) is 14.9 Å². The van der Waals surface area contributed by atoms with E-state index in [0.29, 0.717) is 23.1 Å². The Morgan fingerprint density at radius 3 is 2.69 bits per heavy atom. The van der Waals surface area contributed by atoms with Gasteiger partial charge in [0.2, 0.25) is 5.75 Å². The summed E-state index contributed by atoms with van der Waals surface area (Å²) in [5.74, 6) is -0.457. The summed E-state index contributed by atoms with van der Waals surface area (Å²) in [4.78, 5) is 40.6. The fourth-order valence-corrected chi connectivity index (χ4v) is 3.60. The van der Waals surface area contributed by atoms with Crippen molar-refractivity contribution in [2.75, 3.05) is 13.7 Å². The molecule has 2 aromatic carbocycles. The average Bonchev–Trinajstić information content (AvgIpc) is 2.83. The van der Waals surface area contributed by atoms with E-state index in [-0.39, 0.29) is 29.2 Å². The number of rotatable bonds is 9. The van der Waals surface area contributed by atoms with Crippen LogP contribution in [-0.2, 0) is 16.0 Å². The summed E-state index contributed by atoms with van der Waals surface area (Å²) in [6, 6.07) is 7.84. The molecule has 0 spiro atoms. The number of hydrogen-bond donors (Lipinski definition) is 0. The van der Waals surface area contributed by atoms with Gasteiger partial charge in [0, 0.05) is 22.5 Å². The molecule has 0 amide bonds. The Labute approximate surface area is 208 Å². The van der Waals surface area contributed by atoms with Crippen LogP contribution in [0.25, 0.3) is 10.9 Å². The maximum absolute atomic E-state index is 13.1. The number of benzene rings is 2. The lowest BCUT2D eigenvalue weighted by molar-refractivity contribution is -0.386. The SMILES string of the molecule is CCOC(=O)[C@@H](C)Oc1c(OC)cc(C=Nn2c(CC)nc3ccc(Br)cc3c2=O)cc1[N+](=O)[O-]. The van der Waals surface area contributed by atoms with E-state index < -0.39 is 22.7 Å². The maximum Gasteiger partial charge on any atom is 0.347 e. The minimum absolute atomic E-state index is 0.0143. The quantitative estimate of drug-likeness (QED) is 0.171. The fourth-order valence-electron chi connectivity index (χ4n) is 3.24. The highest BCUT2D eigenvalue weighted by atomic mass is 79.9. The minimum Gasteiger partial charge on any atom is -0.493 e. The van der Waals surface area contributed by atoms with Crippen LogP contribution in [0.1, 0.15) is 32.2 Å². The third-order valence-electron chi connectivity index (χ3n) is 4.90. The molecule has 1 aromatic heterocycles. The molecule has 0 saturated heterocycles. The largest absolute Gasteiger partial charge is 0.493 e. The van der Waals surface area contributed by atoms with Crippen LogP contribution in [0.5, 0.6) is 11.5 Å². The van der Waals surface area contributed by atoms with Crippen LogP contribution in [0.2, 0.25) is 0 Å². The second-order valence-corrected chi connectivity index (χ2v) is 8.16.